The van der Waals surface area contributed by atoms with Crippen LogP contribution in [0.4, 0.5) is 13.2 Å². The van der Waals surface area contributed by atoms with Gasteiger partial charge in [0, 0.05) is 17.3 Å². The number of alkyl halides is 3. The molecule has 25 heavy (non-hydrogen) atoms. The molecule has 0 fully saturated rings. The monoisotopic (exact) mass is 351 g/mol. The summed E-state index contributed by atoms with van der Waals surface area (Å²) in [5, 5.41) is 12.7. The maximum Gasteiger partial charge on any atom is 0.416 e. The first-order valence-electron chi connectivity index (χ1n) is 7.43. The van der Waals surface area contributed by atoms with E-state index in [1.165, 1.54) is 18.3 Å². The van der Waals surface area contributed by atoms with E-state index in [9.17, 15) is 18.0 Å². The van der Waals surface area contributed by atoms with Crippen LogP contribution in [-0.2, 0) is 22.2 Å². The molecule has 2 aromatic carbocycles. The Morgan fingerprint density at radius 3 is 2.60 bits per heavy atom. The first-order chi connectivity index (χ1) is 11.8. The van der Waals surface area contributed by atoms with Gasteiger partial charge in [0.1, 0.15) is 0 Å². The van der Waals surface area contributed by atoms with E-state index >= 15 is 0 Å². The Morgan fingerprint density at radius 2 is 1.96 bits per heavy atom. The highest BCUT2D eigenvalue weighted by Gasteiger charge is 2.31. The third kappa shape index (κ3) is 4.82. The summed E-state index contributed by atoms with van der Waals surface area (Å²) in [5.74, 6) is -1.05. The Hall–Kier alpha value is -2.83. The lowest BCUT2D eigenvalue weighted by Gasteiger charge is -2.20. The molecule has 0 radical (unpaired) electrons. The second-order valence-corrected chi connectivity index (χ2v) is 5.24. The average Bonchev–Trinajstić information content (AvgIpc) is 2.55. The van der Waals surface area contributed by atoms with Gasteiger partial charge >= 0.3 is 12.1 Å². The average molecular weight is 351 g/mol. The van der Waals surface area contributed by atoms with E-state index in [1.54, 1.807) is 31.2 Å². The number of benzene rings is 2. The number of rotatable bonds is 6. The summed E-state index contributed by atoms with van der Waals surface area (Å²) in [4.78, 5) is 16.4. The van der Waals surface area contributed by atoms with Gasteiger partial charge in [0.15, 0.2) is 6.10 Å². The van der Waals surface area contributed by atoms with Crippen LogP contribution in [0.2, 0.25) is 0 Å². The van der Waals surface area contributed by atoms with Crippen LogP contribution in [0.5, 0.6) is 0 Å². The molecule has 0 amide bonds. The van der Waals surface area contributed by atoms with Gasteiger partial charge in [-0.25, -0.2) is 0 Å². The molecule has 0 aliphatic heterocycles. The third-order valence-electron chi connectivity index (χ3n) is 3.47. The van der Waals surface area contributed by atoms with E-state index in [4.69, 9.17) is 9.94 Å². The number of oxime groups is 1. The normalized spacial score (nSPS) is 13.0. The van der Waals surface area contributed by atoms with Crippen LogP contribution in [0, 0.1) is 0 Å². The number of carboxylic acid groups (broad SMARTS) is 1. The van der Waals surface area contributed by atoms with E-state index in [0.717, 1.165) is 12.1 Å². The molecule has 0 heterocycles. The SMILES string of the molecule is C/C=N/OC(c1cccc(C(F)(F)F)c1)c1ccccc1CC(=O)O. The molecule has 2 rings (SSSR count). The van der Waals surface area contributed by atoms with Crippen LogP contribution >= 0.6 is 0 Å². The van der Waals surface area contributed by atoms with Crippen molar-refractivity contribution in [1.29, 1.82) is 0 Å². The van der Waals surface area contributed by atoms with Gasteiger partial charge in [0.2, 0.25) is 0 Å². The predicted molar refractivity (Wildman–Crippen MR) is 86.3 cm³/mol. The van der Waals surface area contributed by atoms with Crippen molar-refractivity contribution in [1.82, 2.24) is 0 Å². The van der Waals surface area contributed by atoms with E-state index in [-0.39, 0.29) is 12.0 Å². The third-order valence-corrected chi connectivity index (χ3v) is 3.47. The molecule has 0 spiro atoms. The summed E-state index contributed by atoms with van der Waals surface area (Å²) in [6.45, 7) is 1.60. The fraction of sp³-hybridized carbons (Fsp3) is 0.222. The Labute approximate surface area is 142 Å². The van der Waals surface area contributed by atoms with Gasteiger partial charge in [-0.05, 0) is 24.6 Å². The van der Waals surface area contributed by atoms with E-state index in [2.05, 4.69) is 5.16 Å². The largest absolute Gasteiger partial charge is 0.481 e. The fourth-order valence-electron chi connectivity index (χ4n) is 2.41. The summed E-state index contributed by atoms with van der Waals surface area (Å²) < 4.78 is 39.0. The molecule has 1 unspecified atom stereocenters. The molecule has 0 bridgehead atoms. The lowest BCUT2D eigenvalue weighted by molar-refractivity contribution is -0.138. The molecular formula is C18H16F3NO3. The molecule has 1 N–H and O–H groups in total. The molecule has 132 valence electrons. The van der Waals surface area contributed by atoms with Gasteiger partial charge in [-0.2, -0.15) is 13.2 Å². The first kappa shape index (κ1) is 18.5. The standard InChI is InChI=1S/C18H16F3NO3/c1-2-22-25-17(13-7-5-8-14(10-13)18(19,20)21)15-9-4-3-6-12(15)11-16(23)24/h2-10,17H,11H2,1H3,(H,23,24)/b22-2+. The highest BCUT2D eigenvalue weighted by Crippen LogP contribution is 2.34. The maximum atomic E-state index is 13.0. The predicted octanol–water partition coefficient (Wildman–Crippen LogP) is 4.44. The minimum atomic E-state index is -4.49. The van der Waals surface area contributed by atoms with Gasteiger partial charge in [0.25, 0.3) is 0 Å². The molecule has 0 aliphatic carbocycles. The zero-order valence-corrected chi connectivity index (χ0v) is 13.3. The number of aliphatic carboxylic acids is 1. The van der Waals surface area contributed by atoms with E-state index in [0.29, 0.717) is 11.1 Å². The van der Waals surface area contributed by atoms with Crippen LogP contribution in [0.1, 0.15) is 35.3 Å². The van der Waals surface area contributed by atoms with Gasteiger partial charge in [-0.1, -0.05) is 41.6 Å². The Kier molecular flexibility index (Phi) is 5.80. The zero-order valence-electron chi connectivity index (χ0n) is 13.3. The van der Waals surface area contributed by atoms with Crippen LogP contribution in [-0.4, -0.2) is 17.3 Å². The Morgan fingerprint density at radius 1 is 1.24 bits per heavy atom. The van der Waals surface area contributed by atoms with Gasteiger partial charge in [-0.3, -0.25) is 4.79 Å². The summed E-state index contributed by atoms with van der Waals surface area (Å²) in [7, 11) is 0. The first-order valence-corrected chi connectivity index (χ1v) is 7.43. The molecule has 2 aromatic rings. The van der Waals surface area contributed by atoms with Crippen molar-refractivity contribution in [3.05, 3.63) is 70.8 Å². The molecule has 0 saturated heterocycles. The fourth-order valence-corrected chi connectivity index (χ4v) is 2.41. The number of carboxylic acids is 1. The van der Waals surface area contributed by atoms with Crippen molar-refractivity contribution >= 4 is 12.2 Å². The maximum absolute atomic E-state index is 13.0. The van der Waals surface area contributed by atoms with Crippen molar-refractivity contribution in [3.8, 4) is 0 Å². The Bertz CT molecular complexity index is 772. The summed E-state index contributed by atoms with van der Waals surface area (Å²) in [6.07, 6.45) is -4.35. The van der Waals surface area contributed by atoms with E-state index in [1.807, 2.05) is 0 Å². The molecule has 4 nitrogen and oxygen atoms in total. The summed E-state index contributed by atoms with van der Waals surface area (Å²) in [5.41, 5.74) is 0.326. The Balaban J connectivity index is 2.53. The molecule has 0 aliphatic rings. The van der Waals surface area contributed by atoms with Crippen molar-refractivity contribution in [2.75, 3.05) is 0 Å². The second-order valence-electron chi connectivity index (χ2n) is 5.24. The second kappa shape index (κ2) is 7.83. The highest BCUT2D eigenvalue weighted by molar-refractivity contribution is 5.71. The minimum absolute atomic E-state index is 0.235. The van der Waals surface area contributed by atoms with Crippen molar-refractivity contribution < 1.29 is 27.9 Å². The van der Waals surface area contributed by atoms with Crippen LogP contribution in [0.3, 0.4) is 0 Å². The number of carbonyl (C=O) groups is 1. The molecular weight excluding hydrogens is 335 g/mol. The molecule has 7 heteroatoms. The highest BCUT2D eigenvalue weighted by atomic mass is 19.4. The summed E-state index contributed by atoms with van der Waals surface area (Å²) >= 11 is 0. The molecule has 0 saturated carbocycles. The molecule has 1 atom stereocenters. The van der Waals surface area contributed by atoms with Crippen LogP contribution in [0.15, 0.2) is 53.7 Å². The van der Waals surface area contributed by atoms with Crippen molar-refractivity contribution in [2.24, 2.45) is 5.16 Å². The van der Waals surface area contributed by atoms with E-state index < -0.39 is 23.8 Å². The van der Waals surface area contributed by atoms with Gasteiger partial charge in [-0.15, -0.1) is 0 Å². The van der Waals surface area contributed by atoms with Crippen molar-refractivity contribution in [2.45, 2.75) is 25.6 Å². The number of nitrogens with zero attached hydrogens (tertiary/aromatic N) is 1. The molecule has 0 aromatic heterocycles. The quantitative estimate of drug-likeness (QED) is 0.618. The topological polar surface area (TPSA) is 58.9 Å². The minimum Gasteiger partial charge on any atom is -0.481 e. The smallest absolute Gasteiger partial charge is 0.416 e. The van der Waals surface area contributed by atoms with Gasteiger partial charge in [0.05, 0.1) is 12.0 Å². The zero-order chi connectivity index (χ0) is 18.4. The lowest BCUT2D eigenvalue weighted by atomic mass is 9.94. The number of hydrogen-bond acceptors (Lipinski definition) is 3. The van der Waals surface area contributed by atoms with Gasteiger partial charge < -0.3 is 9.94 Å². The lowest BCUT2D eigenvalue weighted by Crippen LogP contribution is -2.11. The number of hydrogen-bond donors (Lipinski definition) is 1. The number of halogens is 3. The summed E-state index contributed by atoms with van der Waals surface area (Å²) in [6, 6.07) is 11.3. The van der Waals surface area contributed by atoms with Crippen molar-refractivity contribution in [3.63, 3.8) is 0 Å². The van der Waals surface area contributed by atoms with Crippen LogP contribution in [0.25, 0.3) is 0 Å². The van der Waals surface area contributed by atoms with Crippen LogP contribution < -0.4 is 0 Å².